The molecule has 0 saturated carbocycles. The number of nitrogens with two attached hydrogens (primary N) is 2. The predicted molar refractivity (Wildman–Crippen MR) is 123 cm³/mol. The van der Waals surface area contributed by atoms with Crippen LogP contribution in [0.1, 0.15) is 39.5 Å². The molecule has 0 heterocycles. The van der Waals surface area contributed by atoms with Crippen LogP contribution in [0.15, 0.2) is 91.0 Å². The van der Waals surface area contributed by atoms with Gasteiger partial charge in [0.2, 0.25) is 0 Å². The molecular weight excluding hydrogens is 368 g/mol. The van der Waals surface area contributed by atoms with Crippen molar-refractivity contribution in [1.82, 2.24) is 0 Å². The van der Waals surface area contributed by atoms with E-state index in [1.165, 1.54) is 11.1 Å². The summed E-state index contributed by atoms with van der Waals surface area (Å²) in [6.07, 6.45) is 0. The fourth-order valence-corrected chi connectivity index (χ4v) is 4.75. The van der Waals surface area contributed by atoms with Crippen molar-refractivity contribution in [2.24, 2.45) is 0 Å². The Balaban J connectivity index is 1.95. The van der Waals surface area contributed by atoms with Gasteiger partial charge in [-0.25, -0.2) is 0 Å². The molecule has 0 aliphatic heterocycles. The topological polar surface area (TPSA) is 69.1 Å². The highest BCUT2D eigenvalue weighted by molar-refractivity contribution is 5.97. The van der Waals surface area contributed by atoms with Gasteiger partial charge in [0, 0.05) is 16.9 Å². The number of nitrogen functional groups attached to an aromatic ring is 2. The number of hydrogen-bond donors (Lipinski definition) is 2. The summed E-state index contributed by atoms with van der Waals surface area (Å²) in [5.74, 6) is 0.0530. The van der Waals surface area contributed by atoms with Gasteiger partial charge in [0.15, 0.2) is 5.78 Å². The van der Waals surface area contributed by atoms with Gasteiger partial charge in [-0.3, -0.25) is 4.79 Å². The number of hydrogen-bond acceptors (Lipinski definition) is 3. The minimum atomic E-state index is -0.557. The van der Waals surface area contributed by atoms with E-state index in [2.05, 4.69) is 54.6 Å². The SMILES string of the molecule is CC(=O)c1ccc2c(c1)C(c1ccc(N)cc1)(c1ccc(N)cc1)c1ccccc1-2. The van der Waals surface area contributed by atoms with Crippen LogP contribution in [0.2, 0.25) is 0 Å². The molecule has 4 N–H and O–H groups in total. The van der Waals surface area contributed by atoms with Crippen LogP contribution >= 0.6 is 0 Å². The molecule has 3 nitrogen and oxygen atoms in total. The van der Waals surface area contributed by atoms with E-state index in [1.807, 2.05) is 36.4 Å². The summed E-state index contributed by atoms with van der Waals surface area (Å²) < 4.78 is 0. The van der Waals surface area contributed by atoms with Crippen molar-refractivity contribution in [3.8, 4) is 11.1 Å². The molecule has 0 radical (unpaired) electrons. The Hall–Kier alpha value is -3.85. The van der Waals surface area contributed by atoms with E-state index < -0.39 is 5.41 Å². The highest BCUT2D eigenvalue weighted by atomic mass is 16.1. The fraction of sp³-hybridized carbons (Fsp3) is 0.0741. The first-order valence-corrected chi connectivity index (χ1v) is 9.99. The van der Waals surface area contributed by atoms with Gasteiger partial charge in [0.05, 0.1) is 5.41 Å². The maximum atomic E-state index is 12.3. The highest BCUT2D eigenvalue weighted by Crippen LogP contribution is 2.56. The van der Waals surface area contributed by atoms with E-state index in [0.717, 1.165) is 33.6 Å². The van der Waals surface area contributed by atoms with Gasteiger partial charge in [-0.15, -0.1) is 0 Å². The summed E-state index contributed by atoms with van der Waals surface area (Å²) in [5, 5.41) is 0. The number of carbonyl (C=O) groups is 1. The van der Waals surface area contributed by atoms with Gasteiger partial charge in [-0.1, -0.05) is 60.7 Å². The Morgan fingerprint density at radius 1 is 0.667 bits per heavy atom. The van der Waals surface area contributed by atoms with Crippen LogP contribution in [0.3, 0.4) is 0 Å². The lowest BCUT2D eigenvalue weighted by Gasteiger charge is -2.34. The molecule has 5 rings (SSSR count). The number of ketones is 1. The number of Topliss-reactive ketones (excluding diaryl/α,β-unsaturated/α-hetero) is 1. The van der Waals surface area contributed by atoms with E-state index >= 15 is 0 Å². The Labute approximate surface area is 176 Å². The van der Waals surface area contributed by atoms with Crippen molar-refractivity contribution in [1.29, 1.82) is 0 Å². The minimum Gasteiger partial charge on any atom is -0.399 e. The van der Waals surface area contributed by atoms with Crippen LogP contribution in [0.5, 0.6) is 0 Å². The molecule has 0 fully saturated rings. The quantitative estimate of drug-likeness (QED) is 0.319. The molecule has 0 bridgehead atoms. The van der Waals surface area contributed by atoms with Crippen molar-refractivity contribution >= 4 is 17.2 Å². The average Bonchev–Trinajstić information content (AvgIpc) is 3.05. The second-order valence-corrected chi connectivity index (χ2v) is 7.86. The predicted octanol–water partition coefficient (Wildman–Crippen LogP) is 5.42. The molecule has 0 unspecified atom stereocenters. The Kier molecular flexibility index (Phi) is 4.00. The van der Waals surface area contributed by atoms with Gasteiger partial charge in [-0.2, -0.15) is 0 Å². The van der Waals surface area contributed by atoms with E-state index in [9.17, 15) is 4.79 Å². The number of anilines is 2. The van der Waals surface area contributed by atoms with Gasteiger partial charge in [-0.05, 0) is 70.6 Å². The van der Waals surface area contributed by atoms with Crippen molar-refractivity contribution in [3.63, 3.8) is 0 Å². The maximum Gasteiger partial charge on any atom is 0.159 e. The highest BCUT2D eigenvalue weighted by Gasteiger charge is 2.46. The second-order valence-electron chi connectivity index (χ2n) is 7.86. The summed E-state index contributed by atoms with van der Waals surface area (Å²) >= 11 is 0. The average molecular weight is 390 g/mol. The van der Waals surface area contributed by atoms with E-state index in [-0.39, 0.29) is 5.78 Å². The number of benzene rings is 4. The third-order valence-corrected chi connectivity index (χ3v) is 6.14. The van der Waals surface area contributed by atoms with E-state index in [0.29, 0.717) is 5.56 Å². The van der Waals surface area contributed by atoms with Crippen LogP contribution in [0, 0.1) is 0 Å². The smallest absolute Gasteiger partial charge is 0.159 e. The van der Waals surface area contributed by atoms with Gasteiger partial charge in [0.25, 0.3) is 0 Å². The third kappa shape index (κ3) is 2.49. The Morgan fingerprint density at radius 3 is 1.77 bits per heavy atom. The first-order valence-electron chi connectivity index (χ1n) is 9.99. The zero-order chi connectivity index (χ0) is 20.9. The summed E-state index contributed by atoms with van der Waals surface area (Å²) in [7, 11) is 0. The lowest BCUT2D eigenvalue weighted by atomic mass is 9.67. The molecule has 3 heteroatoms. The van der Waals surface area contributed by atoms with Crippen LogP contribution in [-0.4, -0.2) is 5.78 Å². The molecule has 1 aliphatic carbocycles. The summed E-state index contributed by atoms with van der Waals surface area (Å²) in [4.78, 5) is 12.3. The van der Waals surface area contributed by atoms with Crippen LogP contribution < -0.4 is 11.5 Å². The first-order chi connectivity index (χ1) is 14.5. The van der Waals surface area contributed by atoms with Gasteiger partial charge >= 0.3 is 0 Å². The van der Waals surface area contributed by atoms with Crippen LogP contribution in [0.25, 0.3) is 11.1 Å². The standard InChI is InChI=1S/C27H22N2O/c1-17(30)18-6-15-24-23-4-2-3-5-25(23)27(26(24)16-18,19-7-11-21(28)12-8-19)20-9-13-22(29)14-10-20/h2-16H,28-29H2,1H3. The molecule has 1 aliphatic rings. The largest absolute Gasteiger partial charge is 0.399 e. The number of fused-ring (bicyclic) bond motifs is 3. The molecule has 0 aromatic heterocycles. The van der Waals surface area contributed by atoms with Crippen molar-refractivity contribution in [3.05, 3.63) is 119 Å². The number of rotatable bonds is 3. The fourth-order valence-electron chi connectivity index (χ4n) is 4.75. The van der Waals surface area contributed by atoms with Crippen molar-refractivity contribution in [2.45, 2.75) is 12.3 Å². The normalized spacial score (nSPS) is 13.5. The summed E-state index contributed by atoms with van der Waals surface area (Å²) in [6, 6.07) is 30.6. The Bertz CT molecular complexity index is 1230. The molecule has 0 spiro atoms. The lowest BCUT2D eigenvalue weighted by Crippen LogP contribution is -2.28. The summed E-state index contributed by atoms with van der Waals surface area (Å²) in [6.45, 7) is 1.61. The molecule has 0 saturated heterocycles. The zero-order valence-corrected chi connectivity index (χ0v) is 16.7. The van der Waals surface area contributed by atoms with Crippen LogP contribution in [-0.2, 0) is 5.41 Å². The molecule has 0 amide bonds. The lowest BCUT2D eigenvalue weighted by molar-refractivity contribution is 0.101. The Morgan fingerprint density at radius 2 is 1.20 bits per heavy atom. The minimum absolute atomic E-state index is 0.0530. The van der Waals surface area contributed by atoms with Crippen molar-refractivity contribution in [2.75, 3.05) is 11.5 Å². The second kappa shape index (κ2) is 6.60. The third-order valence-electron chi connectivity index (χ3n) is 6.14. The molecule has 0 atom stereocenters. The molecular formula is C27H22N2O. The van der Waals surface area contributed by atoms with Crippen molar-refractivity contribution < 1.29 is 4.79 Å². The van der Waals surface area contributed by atoms with E-state index in [4.69, 9.17) is 11.5 Å². The molecule has 4 aromatic carbocycles. The first kappa shape index (κ1) is 18.2. The zero-order valence-electron chi connectivity index (χ0n) is 16.7. The van der Waals surface area contributed by atoms with Gasteiger partial charge in [0.1, 0.15) is 0 Å². The maximum absolute atomic E-state index is 12.3. The molecule has 30 heavy (non-hydrogen) atoms. The van der Waals surface area contributed by atoms with Crippen LogP contribution in [0.4, 0.5) is 11.4 Å². The van der Waals surface area contributed by atoms with Gasteiger partial charge < -0.3 is 11.5 Å². The molecule has 4 aromatic rings. The summed E-state index contributed by atoms with van der Waals surface area (Å²) in [5.41, 5.74) is 20.4. The molecule has 146 valence electrons. The monoisotopic (exact) mass is 390 g/mol. The number of carbonyl (C=O) groups excluding carboxylic acids is 1. The van der Waals surface area contributed by atoms with E-state index in [1.54, 1.807) is 6.92 Å².